The quantitative estimate of drug-likeness (QED) is 0.471. The summed E-state index contributed by atoms with van der Waals surface area (Å²) in [5.74, 6) is -0.778. The molecule has 0 saturated carbocycles. The molecule has 1 N–H and O–H groups in total. The summed E-state index contributed by atoms with van der Waals surface area (Å²) in [5.41, 5.74) is -1.20. The van der Waals surface area contributed by atoms with E-state index in [2.05, 4.69) is 5.32 Å². The normalized spacial score (nSPS) is 11.5. The highest BCUT2D eigenvalue weighted by atomic mass is 35.5. The van der Waals surface area contributed by atoms with E-state index in [0.717, 1.165) is 18.2 Å². The molecule has 0 saturated heterocycles. The lowest BCUT2D eigenvalue weighted by Crippen LogP contribution is -2.11. The summed E-state index contributed by atoms with van der Waals surface area (Å²) in [4.78, 5) is 22.1. The lowest BCUT2D eigenvalue weighted by molar-refractivity contribution is -0.385. The topological polar surface area (TPSA) is 72.2 Å². The van der Waals surface area contributed by atoms with Gasteiger partial charge in [0.05, 0.1) is 26.8 Å². The van der Waals surface area contributed by atoms with E-state index in [0.29, 0.717) is 6.07 Å². The molecule has 0 bridgehead atoms. The Labute approximate surface area is 144 Å². The number of nitro groups is 1. The van der Waals surface area contributed by atoms with Gasteiger partial charge < -0.3 is 5.32 Å². The maximum atomic E-state index is 12.7. The Morgan fingerprint density at radius 1 is 1.20 bits per heavy atom. The van der Waals surface area contributed by atoms with Crippen molar-refractivity contribution in [2.24, 2.45) is 0 Å². The van der Waals surface area contributed by atoms with E-state index in [9.17, 15) is 28.1 Å². The van der Waals surface area contributed by atoms with Gasteiger partial charge in [-0.1, -0.05) is 23.7 Å². The summed E-state index contributed by atoms with van der Waals surface area (Å²) in [6, 6.07) is 8.23. The first-order chi connectivity index (χ1) is 11.7. The Morgan fingerprint density at radius 2 is 1.88 bits per heavy atom. The van der Waals surface area contributed by atoms with Gasteiger partial charge in [-0.15, -0.1) is 0 Å². The fourth-order valence-electron chi connectivity index (χ4n) is 1.93. The number of benzene rings is 2. The zero-order valence-electron chi connectivity index (χ0n) is 12.4. The predicted molar refractivity (Wildman–Crippen MR) is 87.2 cm³/mol. The molecule has 0 radical (unpaired) electrons. The van der Waals surface area contributed by atoms with Crippen LogP contribution in [0.2, 0.25) is 5.02 Å². The number of nitrogens with zero attached hydrogens (tertiary/aromatic N) is 1. The number of para-hydroxylation sites is 1. The molecule has 9 heteroatoms. The standard InChI is InChI=1S/C16H10ClF3N2O3/c17-12-7-6-11(16(18,19)20)9-13(12)21-15(23)8-5-10-3-1-2-4-14(10)22(24)25/h1-9H,(H,21,23)/b8-5+. The summed E-state index contributed by atoms with van der Waals surface area (Å²) in [6.07, 6.45) is -2.42. The highest BCUT2D eigenvalue weighted by Crippen LogP contribution is 2.33. The fraction of sp³-hybridized carbons (Fsp3) is 0.0625. The van der Waals surface area contributed by atoms with Crippen LogP contribution in [0.15, 0.2) is 48.5 Å². The maximum absolute atomic E-state index is 12.7. The van der Waals surface area contributed by atoms with E-state index in [-0.39, 0.29) is 22.0 Å². The number of carbonyl (C=O) groups is 1. The second-order valence-corrected chi connectivity index (χ2v) is 5.24. The molecule has 0 heterocycles. The van der Waals surface area contributed by atoms with Crippen LogP contribution in [0.3, 0.4) is 0 Å². The maximum Gasteiger partial charge on any atom is 0.416 e. The minimum absolute atomic E-state index is 0.0690. The largest absolute Gasteiger partial charge is 0.416 e. The van der Waals surface area contributed by atoms with Gasteiger partial charge in [-0.25, -0.2) is 0 Å². The van der Waals surface area contributed by atoms with Crippen molar-refractivity contribution in [1.29, 1.82) is 0 Å². The van der Waals surface area contributed by atoms with Crippen LogP contribution in [-0.2, 0) is 11.0 Å². The third kappa shape index (κ3) is 4.80. The first kappa shape index (κ1) is 18.5. The van der Waals surface area contributed by atoms with Gasteiger partial charge in [-0.2, -0.15) is 13.2 Å². The number of hydrogen-bond acceptors (Lipinski definition) is 3. The Kier molecular flexibility index (Phi) is 5.43. The molecular weight excluding hydrogens is 361 g/mol. The Hall–Kier alpha value is -2.87. The summed E-state index contributed by atoms with van der Waals surface area (Å²) >= 11 is 5.78. The molecule has 2 aromatic rings. The molecule has 2 aromatic carbocycles. The number of carbonyl (C=O) groups excluding carboxylic acids is 1. The van der Waals surface area contributed by atoms with Gasteiger partial charge >= 0.3 is 6.18 Å². The third-order valence-corrected chi connectivity index (χ3v) is 3.43. The van der Waals surface area contributed by atoms with Crippen LogP contribution in [0.5, 0.6) is 0 Å². The number of hydrogen-bond donors (Lipinski definition) is 1. The second kappa shape index (κ2) is 7.35. The molecule has 2 rings (SSSR count). The number of nitrogens with one attached hydrogen (secondary N) is 1. The molecule has 0 atom stereocenters. The van der Waals surface area contributed by atoms with Crippen molar-refractivity contribution < 1.29 is 22.9 Å². The zero-order chi connectivity index (χ0) is 18.6. The molecule has 0 aliphatic rings. The average molecular weight is 371 g/mol. The summed E-state index contributed by atoms with van der Waals surface area (Å²) in [6.45, 7) is 0. The first-order valence-electron chi connectivity index (χ1n) is 6.77. The molecule has 130 valence electrons. The predicted octanol–water partition coefficient (Wildman–Crippen LogP) is 4.92. The van der Waals surface area contributed by atoms with E-state index in [1.807, 2.05) is 0 Å². The van der Waals surface area contributed by atoms with Crippen LogP contribution in [0.4, 0.5) is 24.5 Å². The zero-order valence-corrected chi connectivity index (χ0v) is 13.1. The van der Waals surface area contributed by atoms with Crippen LogP contribution < -0.4 is 5.32 Å². The molecule has 0 aromatic heterocycles. The molecule has 5 nitrogen and oxygen atoms in total. The Morgan fingerprint density at radius 3 is 2.52 bits per heavy atom. The van der Waals surface area contributed by atoms with Crippen molar-refractivity contribution in [1.82, 2.24) is 0 Å². The Bertz CT molecular complexity index is 851. The van der Waals surface area contributed by atoms with Crippen molar-refractivity contribution in [3.8, 4) is 0 Å². The smallest absolute Gasteiger partial charge is 0.321 e. The number of alkyl halides is 3. The van der Waals surface area contributed by atoms with E-state index < -0.39 is 22.6 Å². The molecule has 0 aliphatic carbocycles. The van der Waals surface area contributed by atoms with Gasteiger partial charge in [0.2, 0.25) is 5.91 Å². The molecule has 25 heavy (non-hydrogen) atoms. The van der Waals surface area contributed by atoms with Crippen LogP contribution in [0.25, 0.3) is 6.08 Å². The molecule has 0 aliphatic heterocycles. The molecule has 1 amide bonds. The SMILES string of the molecule is O=C(/C=C/c1ccccc1[N+](=O)[O-])Nc1cc(C(F)(F)F)ccc1Cl. The summed E-state index contributed by atoms with van der Waals surface area (Å²) in [5, 5.41) is 13.0. The van der Waals surface area contributed by atoms with Crippen LogP contribution in [-0.4, -0.2) is 10.8 Å². The number of nitro benzene ring substituents is 1. The van der Waals surface area contributed by atoms with Gasteiger partial charge in [0, 0.05) is 12.1 Å². The highest BCUT2D eigenvalue weighted by molar-refractivity contribution is 6.33. The lowest BCUT2D eigenvalue weighted by Gasteiger charge is -2.10. The highest BCUT2D eigenvalue weighted by Gasteiger charge is 2.31. The van der Waals surface area contributed by atoms with E-state index in [4.69, 9.17) is 11.6 Å². The summed E-state index contributed by atoms with van der Waals surface area (Å²) < 4.78 is 38.1. The Balaban J connectivity index is 2.20. The van der Waals surface area contributed by atoms with Crippen molar-refractivity contribution >= 4 is 35.0 Å². The van der Waals surface area contributed by atoms with E-state index in [1.54, 1.807) is 6.07 Å². The van der Waals surface area contributed by atoms with Crippen molar-refractivity contribution in [3.05, 3.63) is 74.8 Å². The van der Waals surface area contributed by atoms with Gasteiger partial charge in [-0.05, 0) is 30.3 Å². The minimum atomic E-state index is -4.58. The molecule has 0 unspecified atom stereocenters. The van der Waals surface area contributed by atoms with Crippen LogP contribution in [0, 0.1) is 10.1 Å². The second-order valence-electron chi connectivity index (χ2n) is 4.83. The van der Waals surface area contributed by atoms with Gasteiger partial charge in [0.15, 0.2) is 0 Å². The molecule has 0 spiro atoms. The number of amides is 1. The van der Waals surface area contributed by atoms with Crippen molar-refractivity contribution in [3.63, 3.8) is 0 Å². The van der Waals surface area contributed by atoms with Gasteiger partial charge in [-0.3, -0.25) is 14.9 Å². The first-order valence-corrected chi connectivity index (χ1v) is 7.15. The fourth-order valence-corrected chi connectivity index (χ4v) is 2.10. The minimum Gasteiger partial charge on any atom is -0.321 e. The monoisotopic (exact) mass is 370 g/mol. The third-order valence-electron chi connectivity index (χ3n) is 3.10. The van der Waals surface area contributed by atoms with E-state index >= 15 is 0 Å². The van der Waals surface area contributed by atoms with E-state index in [1.165, 1.54) is 24.3 Å². The van der Waals surface area contributed by atoms with Gasteiger partial charge in [0.1, 0.15) is 0 Å². The summed E-state index contributed by atoms with van der Waals surface area (Å²) in [7, 11) is 0. The number of anilines is 1. The van der Waals surface area contributed by atoms with Crippen molar-refractivity contribution in [2.45, 2.75) is 6.18 Å². The number of rotatable bonds is 4. The average Bonchev–Trinajstić information content (AvgIpc) is 2.54. The van der Waals surface area contributed by atoms with Crippen LogP contribution in [0.1, 0.15) is 11.1 Å². The number of halogens is 4. The lowest BCUT2D eigenvalue weighted by atomic mass is 10.1. The molecular formula is C16H10ClF3N2O3. The molecule has 0 fully saturated rings. The van der Waals surface area contributed by atoms with Crippen molar-refractivity contribution in [2.75, 3.05) is 5.32 Å². The van der Waals surface area contributed by atoms with Crippen LogP contribution >= 0.6 is 11.6 Å². The van der Waals surface area contributed by atoms with Gasteiger partial charge in [0.25, 0.3) is 5.69 Å².